The van der Waals surface area contributed by atoms with Crippen LogP contribution in [-0.2, 0) is 11.3 Å². The van der Waals surface area contributed by atoms with Crippen molar-refractivity contribution in [2.45, 2.75) is 39.0 Å². The van der Waals surface area contributed by atoms with Crippen molar-refractivity contribution in [2.75, 3.05) is 26.7 Å². The van der Waals surface area contributed by atoms with E-state index in [1.165, 1.54) is 0 Å². The summed E-state index contributed by atoms with van der Waals surface area (Å²) >= 11 is 0. The zero-order valence-electron chi connectivity index (χ0n) is 18.6. The van der Waals surface area contributed by atoms with Crippen molar-refractivity contribution in [3.8, 4) is 5.75 Å². The van der Waals surface area contributed by atoms with Gasteiger partial charge in [-0.1, -0.05) is 24.3 Å². The lowest BCUT2D eigenvalue weighted by molar-refractivity contribution is 0.0195. The first kappa shape index (κ1) is 21.2. The Hall–Kier alpha value is -3.06. The van der Waals surface area contributed by atoms with Crippen molar-refractivity contribution in [2.24, 2.45) is 0 Å². The first-order valence-electron chi connectivity index (χ1n) is 10.6. The van der Waals surface area contributed by atoms with Crippen LogP contribution in [0.15, 0.2) is 48.7 Å². The third-order valence-electron chi connectivity index (χ3n) is 5.39. The number of carbonyl (C=O) groups excluding carboxylic acids is 1. The van der Waals surface area contributed by atoms with Crippen LogP contribution in [0.25, 0.3) is 10.9 Å². The fraction of sp³-hybridized carbons (Fsp3) is 0.417. The molecule has 31 heavy (non-hydrogen) atoms. The number of carbonyl (C=O) groups is 1. The molecule has 0 saturated carbocycles. The number of methoxy groups -OCH3 is 1. The minimum atomic E-state index is -0.496. The van der Waals surface area contributed by atoms with E-state index in [1.807, 2.05) is 43.8 Å². The Kier molecular flexibility index (Phi) is 5.87. The van der Waals surface area contributed by atoms with Crippen molar-refractivity contribution in [1.82, 2.24) is 20.0 Å². The quantitative estimate of drug-likeness (QED) is 0.689. The van der Waals surface area contributed by atoms with Crippen molar-refractivity contribution < 1.29 is 14.3 Å². The normalized spacial score (nSPS) is 17.0. The van der Waals surface area contributed by atoms with Crippen LogP contribution in [0.2, 0.25) is 0 Å². The largest absolute Gasteiger partial charge is 0.497 e. The molecule has 1 atom stereocenters. The van der Waals surface area contributed by atoms with E-state index >= 15 is 0 Å². The first-order chi connectivity index (χ1) is 14.8. The van der Waals surface area contributed by atoms with Gasteiger partial charge in [0, 0.05) is 25.0 Å². The summed E-state index contributed by atoms with van der Waals surface area (Å²) in [6.45, 7) is 8.30. The molecule has 0 spiro atoms. The van der Waals surface area contributed by atoms with E-state index in [0.29, 0.717) is 19.6 Å². The van der Waals surface area contributed by atoms with Gasteiger partial charge in [0.25, 0.3) is 0 Å². The van der Waals surface area contributed by atoms with E-state index in [9.17, 15) is 4.79 Å². The van der Waals surface area contributed by atoms with Gasteiger partial charge in [0.05, 0.1) is 31.4 Å². The maximum atomic E-state index is 12.5. The van der Waals surface area contributed by atoms with Gasteiger partial charge in [-0.05, 0) is 50.1 Å². The molecule has 2 aromatic carbocycles. The summed E-state index contributed by atoms with van der Waals surface area (Å²) in [6.07, 6.45) is 1.63. The fourth-order valence-electron chi connectivity index (χ4n) is 3.80. The molecule has 1 unspecified atom stereocenters. The van der Waals surface area contributed by atoms with E-state index in [-0.39, 0.29) is 12.1 Å². The smallest absolute Gasteiger partial charge is 0.410 e. The maximum absolute atomic E-state index is 12.5. The second-order valence-corrected chi connectivity index (χ2v) is 8.90. The fourth-order valence-corrected chi connectivity index (χ4v) is 3.80. The molecule has 1 N–H and O–H groups in total. The van der Waals surface area contributed by atoms with E-state index in [2.05, 4.69) is 40.7 Å². The lowest BCUT2D eigenvalue weighted by Crippen LogP contribution is -2.49. The molecule has 1 amide bonds. The number of nitrogens with zero attached hydrogens (tertiary/aromatic N) is 3. The summed E-state index contributed by atoms with van der Waals surface area (Å²) < 4.78 is 12.8. The van der Waals surface area contributed by atoms with E-state index in [4.69, 9.17) is 9.47 Å². The number of piperazine rings is 1. The standard InChI is InChI=1S/C24H30N4O3/c1-24(2,3)31-23(29)27-12-11-25-21(16-27)18-7-8-19-14-26-28(22(19)13-18)15-17-5-9-20(30-4)10-6-17/h5-10,13-14,21,25H,11-12,15-16H2,1-4H3. The Balaban J connectivity index is 1.53. The molecule has 1 aliphatic rings. The zero-order valence-corrected chi connectivity index (χ0v) is 18.6. The van der Waals surface area contributed by atoms with Gasteiger partial charge in [0.15, 0.2) is 0 Å². The average molecular weight is 423 g/mol. The van der Waals surface area contributed by atoms with Crippen LogP contribution in [-0.4, -0.2) is 53.1 Å². The third-order valence-corrected chi connectivity index (χ3v) is 5.39. The van der Waals surface area contributed by atoms with Crippen LogP contribution in [0.1, 0.15) is 37.9 Å². The number of aromatic nitrogens is 2. The molecule has 0 bridgehead atoms. The van der Waals surface area contributed by atoms with Crippen LogP contribution in [0.4, 0.5) is 4.79 Å². The highest BCUT2D eigenvalue weighted by Gasteiger charge is 2.28. The van der Waals surface area contributed by atoms with Crippen molar-refractivity contribution in [3.05, 3.63) is 59.8 Å². The molecule has 7 heteroatoms. The number of ether oxygens (including phenoxy) is 2. The molecule has 4 rings (SSSR count). The molecule has 0 radical (unpaired) electrons. The van der Waals surface area contributed by atoms with Crippen LogP contribution in [0, 0.1) is 0 Å². The monoisotopic (exact) mass is 422 g/mol. The molecule has 7 nitrogen and oxygen atoms in total. The second kappa shape index (κ2) is 8.59. The maximum Gasteiger partial charge on any atom is 0.410 e. The third kappa shape index (κ3) is 4.99. The number of rotatable bonds is 4. The Morgan fingerprint density at radius 3 is 2.68 bits per heavy atom. The molecule has 0 aliphatic carbocycles. The highest BCUT2D eigenvalue weighted by atomic mass is 16.6. The average Bonchev–Trinajstić information content (AvgIpc) is 3.15. The molecular formula is C24H30N4O3. The summed E-state index contributed by atoms with van der Waals surface area (Å²) in [7, 11) is 1.67. The van der Waals surface area contributed by atoms with Gasteiger partial charge in [-0.3, -0.25) is 4.68 Å². The minimum absolute atomic E-state index is 0.0509. The number of nitrogens with one attached hydrogen (secondary N) is 1. The molecule has 164 valence electrons. The zero-order chi connectivity index (χ0) is 22.0. The van der Waals surface area contributed by atoms with Gasteiger partial charge in [0.1, 0.15) is 11.4 Å². The van der Waals surface area contributed by atoms with E-state index in [1.54, 1.807) is 12.0 Å². The molecule has 1 fully saturated rings. The van der Waals surface area contributed by atoms with Crippen LogP contribution < -0.4 is 10.1 Å². The number of amides is 1. The summed E-state index contributed by atoms with van der Waals surface area (Å²) in [5.41, 5.74) is 2.87. The SMILES string of the molecule is COc1ccc(Cn2ncc3ccc(C4CN(C(=O)OC(C)(C)C)CCN4)cc32)cc1. The number of hydrogen-bond acceptors (Lipinski definition) is 5. The number of fused-ring (bicyclic) bond motifs is 1. The topological polar surface area (TPSA) is 68.6 Å². The van der Waals surface area contributed by atoms with Gasteiger partial charge in [-0.25, -0.2) is 4.79 Å². The number of benzene rings is 2. The predicted molar refractivity (Wildman–Crippen MR) is 120 cm³/mol. The lowest BCUT2D eigenvalue weighted by atomic mass is 10.0. The Labute approximate surface area is 182 Å². The van der Waals surface area contributed by atoms with Gasteiger partial charge in [-0.2, -0.15) is 5.10 Å². The van der Waals surface area contributed by atoms with Gasteiger partial charge >= 0.3 is 6.09 Å². The van der Waals surface area contributed by atoms with Gasteiger partial charge in [0.2, 0.25) is 0 Å². The van der Waals surface area contributed by atoms with Crippen LogP contribution in [0.3, 0.4) is 0 Å². The Morgan fingerprint density at radius 1 is 1.19 bits per heavy atom. The van der Waals surface area contributed by atoms with E-state index in [0.717, 1.165) is 34.3 Å². The summed E-state index contributed by atoms with van der Waals surface area (Å²) in [5.74, 6) is 0.842. The van der Waals surface area contributed by atoms with Crippen LogP contribution >= 0.6 is 0 Å². The Morgan fingerprint density at radius 2 is 1.97 bits per heavy atom. The molecular weight excluding hydrogens is 392 g/mol. The molecule has 1 saturated heterocycles. The van der Waals surface area contributed by atoms with Crippen molar-refractivity contribution in [1.29, 1.82) is 0 Å². The van der Waals surface area contributed by atoms with Crippen LogP contribution in [0.5, 0.6) is 5.75 Å². The van der Waals surface area contributed by atoms with Crippen molar-refractivity contribution >= 4 is 17.0 Å². The Bertz CT molecular complexity index is 1050. The highest BCUT2D eigenvalue weighted by Crippen LogP contribution is 2.24. The van der Waals surface area contributed by atoms with Gasteiger partial charge < -0.3 is 19.7 Å². The summed E-state index contributed by atoms with van der Waals surface area (Å²) in [6, 6.07) is 14.5. The summed E-state index contributed by atoms with van der Waals surface area (Å²) in [4.78, 5) is 14.3. The predicted octanol–water partition coefficient (Wildman–Crippen LogP) is 3.97. The molecule has 1 aliphatic heterocycles. The van der Waals surface area contributed by atoms with Crippen molar-refractivity contribution in [3.63, 3.8) is 0 Å². The van der Waals surface area contributed by atoms with Gasteiger partial charge in [-0.15, -0.1) is 0 Å². The molecule has 2 heterocycles. The minimum Gasteiger partial charge on any atom is -0.497 e. The molecule has 1 aromatic heterocycles. The number of hydrogen-bond donors (Lipinski definition) is 1. The molecule has 3 aromatic rings. The van der Waals surface area contributed by atoms with E-state index < -0.39 is 5.60 Å². The summed E-state index contributed by atoms with van der Waals surface area (Å²) in [5, 5.41) is 9.21. The lowest BCUT2D eigenvalue weighted by Gasteiger charge is -2.35. The first-order valence-corrected chi connectivity index (χ1v) is 10.6. The highest BCUT2D eigenvalue weighted by molar-refractivity contribution is 5.79. The second-order valence-electron chi connectivity index (χ2n) is 8.90.